The maximum atomic E-state index is 12.3. The van der Waals surface area contributed by atoms with Crippen LogP contribution in [0.1, 0.15) is 41.6 Å². The molecule has 0 spiro atoms. The fraction of sp³-hybridized carbons (Fsp3) is 0.562. The van der Waals surface area contributed by atoms with Crippen LogP contribution >= 0.6 is 31.9 Å². The zero-order valence-corrected chi connectivity index (χ0v) is 15.0. The van der Waals surface area contributed by atoms with Crippen molar-refractivity contribution in [3.05, 3.63) is 33.8 Å². The largest absolute Gasteiger partial charge is 0.352 e. The second-order valence-corrected chi connectivity index (χ2v) is 7.19. The van der Waals surface area contributed by atoms with Crippen molar-refractivity contribution < 1.29 is 4.79 Å². The van der Waals surface area contributed by atoms with Crippen molar-refractivity contribution in [1.29, 1.82) is 0 Å². The lowest BCUT2D eigenvalue weighted by Gasteiger charge is -2.30. The highest BCUT2D eigenvalue weighted by Crippen LogP contribution is 2.30. The second-order valence-electron chi connectivity index (χ2n) is 5.63. The first-order valence-electron chi connectivity index (χ1n) is 7.22. The number of hydrogen-bond donors (Lipinski definition) is 1. The first-order chi connectivity index (χ1) is 9.61. The predicted octanol–water partition coefficient (Wildman–Crippen LogP) is 4.69. The summed E-state index contributed by atoms with van der Waals surface area (Å²) >= 11 is 7.03. The van der Waals surface area contributed by atoms with E-state index in [2.05, 4.69) is 37.2 Å². The van der Waals surface area contributed by atoms with Gasteiger partial charge < -0.3 is 5.32 Å². The molecule has 1 aromatic carbocycles. The maximum absolute atomic E-state index is 12.3. The molecule has 1 amide bonds. The van der Waals surface area contributed by atoms with Crippen LogP contribution in [0, 0.1) is 18.8 Å². The van der Waals surface area contributed by atoms with Crippen LogP contribution in [0.4, 0.5) is 0 Å². The molecule has 110 valence electrons. The zero-order chi connectivity index (χ0) is 14.5. The number of hydrogen-bond acceptors (Lipinski definition) is 1. The van der Waals surface area contributed by atoms with Crippen LogP contribution in [-0.4, -0.2) is 17.8 Å². The molecule has 2 rings (SSSR count). The van der Waals surface area contributed by atoms with Gasteiger partial charge in [0.15, 0.2) is 0 Å². The van der Waals surface area contributed by atoms with Crippen molar-refractivity contribution in [3.8, 4) is 0 Å². The molecule has 1 saturated carbocycles. The Bertz CT molecular complexity index is 476. The van der Waals surface area contributed by atoms with Gasteiger partial charge in [0.1, 0.15) is 0 Å². The number of rotatable bonds is 4. The summed E-state index contributed by atoms with van der Waals surface area (Å²) in [6.45, 7) is 2.77. The first-order valence-corrected chi connectivity index (χ1v) is 9.13. The van der Waals surface area contributed by atoms with Gasteiger partial charge >= 0.3 is 0 Å². The lowest BCUT2D eigenvalue weighted by Crippen LogP contribution is -2.35. The number of carbonyl (C=O) groups is 1. The van der Waals surface area contributed by atoms with Crippen molar-refractivity contribution in [3.63, 3.8) is 0 Å². The van der Waals surface area contributed by atoms with E-state index < -0.39 is 0 Å². The molecule has 0 radical (unpaired) electrons. The molecular weight excluding hydrogens is 382 g/mol. The number of amides is 1. The highest BCUT2D eigenvalue weighted by Gasteiger charge is 2.24. The fourth-order valence-corrected chi connectivity index (χ4v) is 4.13. The minimum Gasteiger partial charge on any atom is -0.352 e. The van der Waals surface area contributed by atoms with Crippen LogP contribution in [0.25, 0.3) is 0 Å². The van der Waals surface area contributed by atoms with E-state index in [0.29, 0.717) is 11.8 Å². The van der Waals surface area contributed by atoms with Gasteiger partial charge in [-0.2, -0.15) is 0 Å². The van der Waals surface area contributed by atoms with Crippen LogP contribution in [0.5, 0.6) is 0 Å². The Kier molecular flexibility index (Phi) is 6.09. The molecule has 2 unspecified atom stereocenters. The van der Waals surface area contributed by atoms with Gasteiger partial charge in [0.2, 0.25) is 0 Å². The maximum Gasteiger partial charge on any atom is 0.251 e. The van der Waals surface area contributed by atoms with Crippen LogP contribution in [0.15, 0.2) is 22.7 Å². The smallest absolute Gasteiger partial charge is 0.251 e. The minimum atomic E-state index is 0.0442. The summed E-state index contributed by atoms with van der Waals surface area (Å²) in [7, 11) is 0. The Morgan fingerprint density at radius 3 is 2.70 bits per heavy atom. The van der Waals surface area contributed by atoms with Gasteiger partial charge in [-0.25, -0.2) is 0 Å². The molecule has 4 heteroatoms. The van der Waals surface area contributed by atoms with Gasteiger partial charge in [0.25, 0.3) is 5.91 Å². The number of benzene rings is 1. The van der Waals surface area contributed by atoms with E-state index in [1.807, 2.05) is 25.1 Å². The highest BCUT2D eigenvalue weighted by atomic mass is 79.9. The van der Waals surface area contributed by atoms with Gasteiger partial charge in [-0.15, -0.1) is 0 Å². The Morgan fingerprint density at radius 2 is 2.00 bits per heavy atom. The summed E-state index contributed by atoms with van der Waals surface area (Å²) < 4.78 is 0.948. The van der Waals surface area contributed by atoms with Gasteiger partial charge in [0.05, 0.1) is 0 Å². The molecular formula is C16H21Br2NO. The highest BCUT2D eigenvalue weighted by molar-refractivity contribution is 9.10. The molecule has 2 nitrogen and oxygen atoms in total. The summed E-state index contributed by atoms with van der Waals surface area (Å²) in [4.78, 5) is 12.3. The zero-order valence-electron chi connectivity index (χ0n) is 11.8. The van der Waals surface area contributed by atoms with Gasteiger partial charge in [-0.3, -0.25) is 4.79 Å². The van der Waals surface area contributed by atoms with Crippen LogP contribution < -0.4 is 5.32 Å². The number of halogens is 2. The molecule has 1 aliphatic carbocycles. The molecule has 0 saturated heterocycles. The molecule has 1 N–H and O–H groups in total. The third-order valence-electron chi connectivity index (χ3n) is 4.23. The monoisotopic (exact) mass is 401 g/mol. The second kappa shape index (κ2) is 7.60. The average molecular weight is 403 g/mol. The van der Waals surface area contributed by atoms with Crippen molar-refractivity contribution in [2.24, 2.45) is 11.8 Å². The van der Waals surface area contributed by atoms with Crippen molar-refractivity contribution in [1.82, 2.24) is 5.32 Å². The molecule has 1 aromatic rings. The van der Waals surface area contributed by atoms with Crippen LogP contribution in [-0.2, 0) is 0 Å². The molecule has 1 aliphatic rings. The third-order valence-corrected chi connectivity index (χ3v) is 5.56. The van der Waals surface area contributed by atoms with E-state index in [1.165, 1.54) is 25.7 Å². The van der Waals surface area contributed by atoms with E-state index in [-0.39, 0.29) is 5.91 Å². The van der Waals surface area contributed by atoms with E-state index in [1.54, 1.807) is 0 Å². The average Bonchev–Trinajstić information content (AvgIpc) is 2.47. The molecule has 20 heavy (non-hydrogen) atoms. The number of nitrogens with one attached hydrogen (secondary N) is 1. The fourth-order valence-electron chi connectivity index (χ4n) is 2.91. The number of carbonyl (C=O) groups excluding carboxylic acids is 1. The molecule has 0 heterocycles. The van der Waals surface area contributed by atoms with Crippen molar-refractivity contribution in [2.45, 2.75) is 32.6 Å². The van der Waals surface area contributed by atoms with Crippen LogP contribution in [0.2, 0.25) is 0 Å². The van der Waals surface area contributed by atoms with E-state index in [4.69, 9.17) is 0 Å². The van der Waals surface area contributed by atoms with Gasteiger partial charge in [-0.1, -0.05) is 50.8 Å². The van der Waals surface area contributed by atoms with Gasteiger partial charge in [0, 0.05) is 21.9 Å². The minimum absolute atomic E-state index is 0.0442. The van der Waals surface area contributed by atoms with Crippen molar-refractivity contribution in [2.75, 3.05) is 11.9 Å². The normalized spacial score (nSPS) is 22.6. The predicted molar refractivity (Wildman–Crippen MR) is 90.5 cm³/mol. The summed E-state index contributed by atoms with van der Waals surface area (Å²) in [5.41, 5.74) is 1.79. The number of alkyl halides is 1. The van der Waals surface area contributed by atoms with Gasteiger partial charge in [-0.05, 0) is 49.3 Å². The summed E-state index contributed by atoms with van der Waals surface area (Å²) in [6.07, 6.45) is 5.13. The van der Waals surface area contributed by atoms with Crippen LogP contribution in [0.3, 0.4) is 0 Å². The molecule has 1 fully saturated rings. The summed E-state index contributed by atoms with van der Waals surface area (Å²) in [6, 6.07) is 5.84. The van der Waals surface area contributed by atoms with E-state index in [0.717, 1.165) is 27.5 Å². The first kappa shape index (κ1) is 16.0. The lowest BCUT2D eigenvalue weighted by atomic mass is 9.80. The Labute approximate surface area is 138 Å². The molecule has 0 bridgehead atoms. The Hall–Kier alpha value is -0.350. The standard InChI is InChI=1S/C16H21Br2NO/c1-11-6-7-14(18)8-15(11)16(20)19-10-13-5-3-2-4-12(13)9-17/h6-8,12-13H,2-5,9-10H2,1H3,(H,19,20). The third kappa shape index (κ3) is 4.08. The number of aryl methyl sites for hydroxylation is 1. The lowest BCUT2D eigenvalue weighted by molar-refractivity contribution is 0.0936. The molecule has 2 atom stereocenters. The molecule has 0 aliphatic heterocycles. The summed E-state index contributed by atoms with van der Waals surface area (Å²) in [5, 5.41) is 4.17. The Morgan fingerprint density at radius 1 is 1.30 bits per heavy atom. The SMILES string of the molecule is Cc1ccc(Br)cc1C(=O)NCC1CCCCC1CBr. The molecule has 0 aromatic heterocycles. The van der Waals surface area contributed by atoms with Crippen molar-refractivity contribution >= 4 is 37.8 Å². The van der Waals surface area contributed by atoms with E-state index in [9.17, 15) is 4.79 Å². The topological polar surface area (TPSA) is 29.1 Å². The quantitative estimate of drug-likeness (QED) is 0.727. The summed E-state index contributed by atoms with van der Waals surface area (Å²) in [5.74, 6) is 1.36. The Balaban J connectivity index is 1.96. The van der Waals surface area contributed by atoms with E-state index >= 15 is 0 Å².